The van der Waals surface area contributed by atoms with Crippen molar-refractivity contribution in [3.05, 3.63) is 11.2 Å². The van der Waals surface area contributed by atoms with Crippen molar-refractivity contribution in [2.24, 2.45) is 0 Å². The molecule has 1 N–H and O–H groups in total. The predicted octanol–water partition coefficient (Wildman–Crippen LogP) is 1.76. The number of ether oxygens (including phenoxy) is 2. The van der Waals surface area contributed by atoms with Gasteiger partial charge in [-0.05, 0) is 12.2 Å². The van der Waals surface area contributed by atoms with Crippen molar-refractivity contribution in [2.45, 2.75) is 12.0 Å². The molecule has 3 heterocycles. The second-order valence-electron chi connectivity index (χ2n) is 5.53. The van der Waals surface area contributed by atoms with Crippen LogP contribution in [-0.4, -0.2) is 71.9 Å². The summed E-state index contributed by atoms with van der Waals surface area (Å²) in [4.78, 5) is 10.9. The summed E-state index contributed by atoms with van der Waals surface area (Å²) in [6, 6.07) is 0.327. The van der Waals surface area contributed by atoms with Crippen LogP contribution < -0.4 is 10.1 Å². The first kappa shape index (κ1) is 16.1. The van der Waals surface area contributed by atoms with E-state index in [2.05, 4.69) is 20.2 Å². The van der Waals surface area contributed by atoms with E-state index < -0.39 is 0 Å². The molecule has 0 saturated carbocycles. The van der Waals surface area contributed by atoms with Crippen LogP contribution in [-0.2, 0) is 4.74 Å². The van der Waals surface area contributed by atoms with Crippen LogP contribution in [0.25, 0.3) is 0 Å². The summed E-state index contributed by atoms with van der Waals surface area (Å²) < 4.78 is 10.6. The van der Waals surface area contributed by atoms with Crippen LogP contribution in [0.5, 0.6) is 6.01 Å². The third-order valence-corrected chi connectivity index (χ3v) is 5.76. The number of aromatic nitrogens is 2. The van der Waals surface area contributed by atoms with Crippen LogP contribution in [0.3, 0.4) is 0 Å². The fourth-order valence-electron chi connectivity index (χ4n) is 2.96. The molecule has 6 nitrogen and oxygen atoms in total. The first-order valence-electron chi connectivity index (χ1n) is 7.44. The molecule has 122 valence electrons. The van der Waals surface area contributed by atoms with Crippen molar-refractivity contribution in [2.75, 3.05) is 56.8 Å². The van der Waals surface area contributed by atoms with E-state index in [1.807, 2.05) is 11.8 Å². The number of methoxy groups -OCH3 is 1. The van der Waals surface area contributed by atoms with Crippen molar-refractivity contribution < 1.29 is 9.47 Å². The van der Waals surface area contributed by atoms with Crippen LogP contribution in [0.15, 0.2) is 6.20 Å². The summed E-state index contributed by atoms with van der Waals surface area (Å²) in [6.45, 7) is 4.43. The van der Waals surface area contributed by atoms with Crippen molar-refractivity contribution in [1.82, 2.24) is 14.9 Å². The normalized spacial score (nSPS) is 26.1. The summed E-state index contributed by atoms with van der Waals surface area (Å²) in [6.07, 6.45) is 2.74. The Hall–Kier alpha value is -0.760. The van der Waals surface area contributed by atoms with E-state index >= 15 is 0 Å². The molecular weight excluding hydrogens is 324 g/mol. The summed E-state index contributed by atoms with van der Waals surface area (Å²) in [7, 11) is 1.55. The van der Waals surface area contributed by atoms with Crippen LogP contribution in [0.4, 0.5) is 5.82 Å². The Morgan fingerprint density at radius 3 is 3.00 bits per heavy atom. The van der Waals surface area contributed by atoms with Crippen molar-refractivity contribution in [1.29, 1.82) is 0 Å². The van der Waals surface area contributed by atoms with E-state index in [9.17, 15) is 0 Å². The Kier molecular flexibility index (Phi) is 5.28. The van der Waals surface area contributed by atoms with E-state index in [1.165, 1.54) is 12.2 Å². The number of morpholine rings is 1. The van der Waals surface area contributed by atoms with Gasteiger partial charge in [-0.25, -0.2) is 4.98 Å². The third-order valence-electron chi connectivity index (χ3n) is 4.25. The Labute approximate surface area is 139 Å². The average molecular weight is 345 g/mol. The van der Waals surface area contributed by atoms with Gasteiger partial charge in [0.2, 0.25) is 0 Å². The Morgan fingerprint density at radius 2 is 2.32 bits per heavy atom. The number of nitrogens with one attached hydrogen (secondary N) is 1. The van der Waals surface area contributed by atoms with Gasteiger partial charge in [0.05, 0.1) is 26.5 Å². The first-order valence-corrected chi connectivity index (χ1v) is 8.98. The number of hydrogen-bond acceptors (Lipinski definition) is 7. The monoisotopic (exact) mass is 344 g/mol. The maximum absolute atomic E-state index is 6.19. The highest BCUT2D eigenvalue weighted by Crippen LogP contribution is 2.34. The number of thioether (sulfide) groups is 1. The summed E-state index contributed by atoms with van der Waals surface area (Å²) in [5.74, 6) is 2.96. The molecule has 2 fully saturated rings. The highest BCUT2D eigenvalue weighted by molar-refractivity contribution is 7.99. The molecule has 2 aliphatic heterocycles. The molecule has 1 aromatic heterocycles. The molecule has 2 saturated heterocycles. The highest BCUT2D eigenvalue weighted by Gasteiger charge is 2.40. The lowest BCUT2D eigenvalue weighted by Gasteiger charge is -2.43. The summed E-state index contributed by atoms with van der Waals surface area (Å²) in [5.41, 5.74) is 0.149. The SMILES string of the molecule is COc1ncc(Cl)c(NCC2(N3CCOCC3)CCSC2)n1. The average Bonchev–Trinajstić information content (AvgIpc) is 3.05. The fourth-order valence-corrected chi connectivity index (χ4v) is 4.59. The van der Waals surface area contributed by atoms with E-state index in [1.54, 1.807) is 13.3 Å². The van der Waals surface area contributed by atoms with Crippen molar-refractivity contribution >= 4 is 29.2 Å². The lowest BCUT2D eigenvalue weighted by atomic mass is 9.95. The van der Waals surface area contributed by atoms with Gasteiger partial charge >= 0.3 is 6.01 Å². The van der Waals surface area contributed by atoms with Gasteiger partial charge in [0.25, 0.3) is 0 Å². The van der Waals surface area contributed by atoms with E-state index in [0.29, 0.717) is 16.9 Å². The minimum absolute atomic E-state index is 0.149. The van der Waals surface area contributed by atoms with Crippen molar-refractivity contribution in [3.63, 3.8) is 0 Å². The molecule has 0 radical (unpaired) electrons. The van der Waals surface area contributed by atoms with Gasteiger partial charge in [0.1, 0.15) is 5.02 Å². The van der Waals surface area contributed by atoms with Gasteiger partial charge < -0.3 is 14.8 Å². The van der Waals surface area contributed by atoms with Gasteiger partial charge in [-0.1, -0.05) is 11.6 Å². The zero-order valence-corrected chi connectivity index (χ0v) is 14.3. The largest absolute Gasteiger partial charge is 0.467 e. The van der Waals surface area contributed by atoms with Gasteiger partial charge in [0, 0.05) is 30.9 Å². The molecule has 1 unspecified atom stereocenters. The van der Waals surface area contributed by atoms with Crippen LogP contribution >= 0.6 is 23.4 Å². The minimum Gasteiger partial charge on any atom is -0.467 e. The second kappa shape index (κ2) is 7.21. The molecule has 1 aromatic rings. The molecule has 3 rings (SSSR count). The third kappa shape index (κ3) is 3.42. The zero-order valence-electron chi connectivity index (χ0n) is 12.7. The Balaban J connectivity index is 1.72. The molecule has 8 heteroatoms. The smallest absolute Gasteiger partial charge is 0.318 e. The van der Waals surface area contributed by atoms with E-state index in [0.717, 1.165) is 38.6 Å². The van der Waals surface area contributed by atoms with Gasteiger partial charge in [-0.2, -0.15) is 16.7 Å². The molecule has 0 aliphatic carbocycles. The van der Waals surface area contributed by atoms with E-state index in [-0.39, 0.29) is 5.54 Å². The highest BCUT2D eigenvalue weighted by atomic mass is 35.5. The maximum atomic E-state index is 6.19. The summed E-state index contributed by atoms with van der Waals surface area (Å²) >= 11 is 8.20. The number of hydrogen-bond donors (Lipinski definition) is 1. The number of anilines is 1. The standard InChI is InChI=1S/C14H21ClN4O2S/c1-20-13-16-8-11(15)12(18-13)17-9-14(2-7-22-10-14)19-3-5-21-6-4-19/h8H,2-7,9-10H2,1H3,(H,16,17,18). The van der Waals surface area contributed by atoms with Gasteiger partial charge in [0.15, 0.2) is 5.82 Å². The van der Waals surface area contributed by atoms with Gasteiger partial charge in [-0.15, -0.1) is 0 Å². The Bertz CT molecular complexity index is 508. The summed E-state index contributed by atoms with van der Waals surface area (Å²) in [5, 5.41) is 3.93. The molecule has 0 amide bonds. The lowest BCUT2D eigenvalue weighted by molar-refractivity contribution is -0.00922. The number of halogens is 1. The quantitative estimate of drug-likeness (QED) is 0.873. The Morgan fingerprint density at radius 1 is 1.50 bits per heavy atom. The lowest BCUT2D eigenvalue weighted by Crippen LogP contribution is -2.57. The van der Waals surface area contributed by atoms with E-state index in [4.69, 9.17) is 21.1 Å². The number of nitrogens with zero attached hydrogens (tertiary/aromatic N) is 3. The predicted molar refractivity (Wildman–Crippen MR) is 89.1 cm³/mol. The molecule has 1 atom stereocenters. The zero-order chi connectivity index (χ0) is 15.4. The van der Waals surface area contributed by atoms with Crippen LogP contribution in [0, 0.1) is 0 Å². The molecule has 0 spiro atoms. The van der Waals surface area contributed by atoms with Crippen molar-refractivity contribution in [3.8, 4) is 6.01 Å². The van der Waals surface area contributed by atoms with Crippen LogP contribution in [0.1, 0.15) is 6.42 Å². The fraction of sp³-hybridized carbons (Fsp3) is 0.714. The topological polar surface area (TPSA) is 59.5 Å². The molecule has 0 aromatic carbocycles. The molecule has 22 heavy (non-hydrogen) atoms. The minimum atomic E-state index is 0.149. The number of rotatable bonds is 5. The second-order valence-corrected chi connectivity index (χ2v) is 7.05. The maximum Gasteiger partial charge on any atom is 0.318 e. The molecule has 0 bridgehead atoms. The van der Waals surface area contributed by atoms with Gasteiger partial charge in [-0.3, -0.25) is 4.90 Å². The molecule has 2 aliphatic rings. The first-order chi connectivity index (χ1) is 10.7. The van der Waals surface area contributed by atoms with Crippen LogP contribution in [0.2, 0.25) is 5.02 Å². The molecular formula is C14H21ClN4O2S.